The summed E-state index contributed by atoms with van der Waals surface area (Å²) in [6, 6.07) is 1.02. The molecule has 0 aromatic carbocycles. The Morgan fingerprint density at radius 3 is 2.60 bits per heavy atom. The SMILES string of the molecule is Cc1nc(N2CCC(COc3cnccn3)CC2)cc(C(F)(F)F)n1. The lowest BCUT2D eigenvalue weighted by atomic mass is 9.98. The van der Waals surface area contributed by atoms with Gasteiger partial charge in [0, 0.05) is 31.5 Å². The average molecular weight is 353 g/mol. The molecular formula is C16H18F3N5O. The maximum absolute atomic E-state index is 12.9. The van der Waals surface area contributed by atoms with E-state index in [4.69, 9.17) is 4.74 Å². The summed E-state index contributed by atoms with van der Waals surface area (Å²) in [7, 11) is 0. The third-order valence-corrected chi connectivity index (χ3v) is 4.06. The Balaban J connectivity index is 1.58. The summed E-state index contributed by atoms with van der Waals surface area (Å²) in [6.45, 7) is 3.24. The fourth-order valence-electron chi connectivity index (χ4n) is 2.75. The quantitative estimate of drug-likeness (QED) is 0.842. The smallest absolute Gasteiger partial charge is 0.433 e. The fourth-order valence-corrected chi connectivity index (χ4v) is 2.75. The number of hydrogen-bond donors (Lipinski definition) is 0. The second-order valence-electron chi connectivity index (χ2n) is 5.94. The van der Waals surface area contributed by atoms with Gasteiger partial charge in [0.15, 0.2) is 0 Å². The summed E-state index contributed by atoms with van der Waals surface area (Å²) < 4.78 is 44.3. The van der Waals surface area contributed by atoms with Crippen LogP contribution < -0.4 is 9.64 Å². The van der Waals surface area contributed by atoms with Crippen LogP contribution in [0.25, 0.3) is 0 Å². The van der Waals surface area contributed by atoms with Crippen molar-refractivity contribution in [2.75, 3.05) is 24.6 Å². The fraction of sp³-hybridized carbons (Fsp3) is 0.500. The predicted octanol–water partition coefficient (Wildman–Crippen LogP) is 2.89. The highest BCUT2D eigenvalue weighted by atomic mass is 19.4. The first kappa shape index (κ1) is 17.4. The van der Waals surface area contributed by atoms with Crippen molar-refractivity contribution in [3.8, 4) is 5.88 Å². The van der Waals surface area contributed by atoms with Crippen molar-refractivity contribution in [1.82, 2.24) is 19.9 Å². The first-order valence-electron chi connectivity index (χ1n) is 7.98. The van der Waals surface area contributed by atoms with Crippen LogP contribution in [0.3, 0.4) is 0 Å². The van der Waals surface area contributed by atoms with Crippen molar-refractivity contribution < 1.29 is 17.9 Å². The molecule has 1 aliphatic rings. The van der Waals surface area contributed by atoms with Crippen LogP contribution in [0.5, 0.6) is 5.88 Å². The number of nitrogens with zero attached hydrogens (tertiary/aromatic N) is 5. The van der Waals surface area contributed by atoms with Crippen LogP contribution in [-0.2, 0) is 6.18 Å². The van der Waals surface area contributed by atoms with Crippen LogP contribution in [0, 0.1) is 12.8 Å². The summed E-state index contributed by atoms with van der Waals surface area (Å²) in [5, 5.41) is 0. The molecule has 9 heteroatoms. The molecule has 0 unspecified atom stereocenters. The monoisotopic (exact) mass is 353 g/mol. The first-order valence-corrected chi connectivity index (χ1v) is 7.98. The minimum Gasteiger partial charge on any atom is -0.476 e. The van der Waals surface area contributed by atoms with Gasteiger partial charge >= 0.3 is 6.18 Å². The Morgan fingerprint density at radius 2 is 1.96 bits per heavy atom. The molecule has 3 rings (SSSR count). The van der Waals surface area contributed by atoms with Crippen molar-refractivity contribution in [3.63, 3.8) is 0 Å². The molecule has 0 amide bonds. The molecular weight excluding hydrogens is 335 g/mol. The topological polar surface area (TPSA) is 64.0 Å². The van der Waals surface area contributed by atoms with Crippen LogP contribution >= 0.6 is 0 Å². The van der Waals surface area contributed by atoms with Gasteiger partial charge in [-0.15, -0.1) is 0 Å². The van der Waals surface area contributed by atoms with Crippen LogP contribution in [0.15, 0.2) is 24.7 Å². The molecule has 2 aromatic rings. The van der Waals surface area contributed by atoms with Crippen molar-refractivity contribution >= 4 is 5.82 Å². The van der Waals surface area contributed by atoms with E-state index in [2.05, 4.69) is 19.9 Å². The lowest BCUT2D eigenvalue weighted by molar-refractivity contribution is -0.141. The zero-order chi connectivity index (χ0) is 17.9. The number of alkyl halides is 3. The van der Waals surface area contributed by atoms with Gasteiger partial charge in [0.25, 0.3) is 0 Å². The maximum Gasteiger partial charge on any atom is 0.433 e. The van der Waals surface area contributed by atoms with E-state index in [1.807, 2.05) is 4.90 Å². The van der Waals surface area contributed by atoms with Crippen LogP contribution in [0.2, 0.25) is 0 Å². The van der Waals surface area contributed by atoms with Gasteiger partial charge in [-0.3, -0.25) is 4.98 Å². The number of aromatic nitrogens is 4. The highest BCUT2D eigenvalue weighted by Crippen LogP contribution is 2.31. The molecule has 1 saturated heterocycles. The largest absolute Gasteiger partial charge is 0.476 e. The molecule has 0 aliphatic carbocycles. The number of halogens is 3. The zero-order valence-corrected chi connectivity index (χ0v) is 13.7. The third kappa shape index (κ3) is 4.55. The second kappa shape index (κ2) is 7.20. The van der Waals surface area contributed by atoms with Gasteiger partial charge in [-0.2, -0.15) is 13.2 Å². The van der Waals surface area contributed by atoms with Crippen molar-refractivity contribution in [2.45, 2.75) is 25.9 Å². The summed E-state index contributed by atoms with van der Waals surface area (Å²) >= 11 is 0. The van der Waals surface area contributed by atoms with E-state index in [0.717, 1.165) is 18.9 Å². The summed E-state index contributed by atoms with van der Waals surface area (Å²) in [6.07, 6.45) is 1.84. The first-order chi connectivity index (χ1) is 11.9. The van der Waals surface area contributed by atoms with Gasteiger partial charge in [0.05, 0.1) is 12.8 Å². The van der Waals surface area contributed by atoms with Crippen molar-refractivity contribution in [2.24, 2.45) is 5.92 Å². The van der Waals surface area contributed by atoms with Gasteiger partial charge in [-0.05, 0) is 25.7 Å². The van der Waals surface area contributed by atoms with E-state index in [1.165, 1.54) is 6.92 Å². The molecule has 134 valence electrons. The average Bonchev–Trinajstić information content (AvgIpc) is 2.60. The second-order valence-corrected chi connectivity index (χ2v) is 5.94. The minimum atomic E-state index is -4.47. The van der Waals surface area contributed by atoms with E-state index in [-0.39, 0.29) is 5.82 Å². The van der Waals surface area contributed by atoms with Gasteiger partial charge in [-0.25, -0.2) is 15.0 Å². The molecule has 0 N–H and O–H groups in total. The van der Waals surface area contributed by atoms with E-state index < -0.39 is 11.9 Å². The highest BCUT2D eigenvalue weighted by Gasteiger charge is 2.34. The molecule has 0 spiro atoms. The Bertz CT molecular complexity index is 703. The van der Waals surface area contributed by atoms with Crippen molar-refractivity contribution in [1.29, 1.82) is 0 Å². The maximum atomic E-state index is 12.9. The number of hydrogen-bond acceptors (Lipinski definition) is 6. The van der Waals surface area contributed by atoms with Gasteiger partial charge in [0.1, 0.15) is 17.3 Å². The van der Waals surface area contributed by atoms with Gasteiger partial charge < -0.3 is 9.64 Å². The van der Waals surface area contributed by atoms with Crippen molar-refractivity contribution in [3.05, 3.63) is 36.2 Å². The van der Waals surface area contributed by atoms with Crippen LogP contribution in [0.1, 0.15) is 24.4 Å². The molecule has 2 aromatic heterocycles. The predicted molar refractivity (Wildman–Crippen MR) is 84.2 cm³/mol. The van der Waals surface area contributed by atoms with Gasteiger partial charge in [-0.1, -0.05) is 0 Å². The molecule has 3 heterocycles. The number of anilines is 1. The summed E-state index contributed by atoms with van der Waals surface area (Å²) in [5.41, 5.74) is -0.900. The molecule has 25 heavy (non-hydrogen) atoms. The number of aryl methyl sites for hydroxylation is 1. The Morgan fingerprint density at radius 1 is 1.20 bits per heavy atom. The molecule has 1 aliphatic heterocycles. The van der Waals surface area contributed by atoms with Gasteiger partial charge in [0.2, 0.25) is 5.88 Å². The minimum absolute atomic E-state index is 0.123. The third-order valence-electron chi connectivity index (χ3n) is 4.06. The van der Waals surface area contributed by atoms with E-state index in [9.17, 15) is 13.2 Å². The Hall–Kier alpha value is -2.45. The molecule has 0 atom stereocenters. The standard InChI is InChI=1S/C16H18F3N5O/c1-11-22-13(16(17,18)19)8-14(23-11)24-6-2-12(3-7-24)10-25-15-9-20-4-5-21-15/h4-5,8-9,12H,2-3,6-7,10H2,1H3. The number of ether oxygens (including phenoxy) is 1. The number of rotatable bonds is 4. The van der Waals surface area contributed by atoms with Crippen LogP contribution in [-0.4, -0.2) is 39.6 Å². The lowest BCUT2D eigenvalue weighted by Crippen LogP contribution is -2.36. The Kier molecular flexibility index (Phi) is 5.00. The van der Waals surface area contributed by atoms with E-state index >= 15 is 0 Å². The molecule has 0 radical (unpaired) electrons. The lowest BCUT2D eigenvalue weighted by Gasteiger charge is -2.32. The molecule has 0 saturated carbocycles. The molecule has 1 fully saturated rings. The summed E-state index contributed by atoms with van der Waals surface area (Å²) in [5.74, 6) is 1.25. The Labute approximate surface area is 143 Å². The van der Waals surface area contributed by atoms with E-state index in [1.54, 1.807) is 18.6 Å². The zero-order valence-electron chi connectivity index (χ0n) is 13.7. The highest BCUT2D eigenvalue weighted by molar-refractivity contribution is 5.41. The molecule has 0 bridgehead atoms. The normalized spacial score (nSPS) is 16.1. The van der Waals surface area contributed by atoms with E-state index in [0.29, 0.717) is 37.3 Å². The summed E-state index contributed by atoms with van der Waals surface area (Å²) in [4.78, 5) is 17.5. The number of piperidine rings is 1. The molecule has 6 nitrogen and oxygen atoms in total. The van der Waals surface area contributed by atoms with Crippen LogP contribution in [0.4, 0.5) is 19.0 Å².